The van der Waals surface area contributed by atoms with Crippen LogP contribution in [0.3, 0.4) is 0 Å². The summed E-state index contributed by atoms with van der Waals surface area (Å²) < 4.78 is 6.76. The Morgan fingerprint density at radius 3 is 1.55 bits per heavy atom. The van der Waals surface area contributed by atoms with Gasteiger partial charge in [0.05, 0.1) is 22.2 Å². The van der Waals surface area contributed by atoms with E-state index in [2.05, 4.69) is 254 Å². The first-order valence-corrected chi connectivity index (χ1v) is 24.6. The summed E-state index contributed by atoms with van der Waals surface area (Å²) in [4.78, 5) is 5.17. The summed E-state index contributed by atoms with van der Waals surface area (Å²) >= 11 is 1.89. The van der Waals surface area contributed by atoms with Gasteiger partial charge in [0.1, 0.15) is 11.5 Å². The molecule has 2 heterocycles. The first kappa shape index (κ1) is 38.7. The number of hydrogen-bond acceptors (Lipinski definition) is 3. The van der Waals surface area contributed by atoms with E-state index in [4.69, 9.17) is 4.74 Å². The van der Waals surface area contributed by atoms with Gasteiger partial charge in [-0.2, -0.15) is 0 Å². The lowest BCUT2D eigenvalue weighted by Crippen LogP contribution is -2.32. The molecule has 0 saturated carbocycles. The molecular formula is C66H41NOS. The second-order valence-electron chi connectivity index (χ2n) is 18.6. The molecule has 0 atom stereocenters. The summed E-state index contributed by atoms with van der Waals surface area (Å²) in [7, 11) is 0. The zero-order valence-electron chi connectivity index (χ0n) is 37.4. The summed E-state index contributed by atoms with van der Waals surface area (Å²) in [5.74, 6) is 1.78. The third-order valence-electron chi connectivity index (χ3n) is 15.4. The molecule has 0 N–H and O–H groups in total. The van der Waals surface area contributed by atoms with E-state index in [0.29, 0.717) is 0 Å². The molecule has 2 aliphatic heterocycles. The van der Waals surface area contributed by atoms with Gasteiger partial charge >= 0.3 is 0 Å². The van der Waals surface area contributed by atoms with Crippen LogP contribution < -0.4 is 9.64 Å². The molecule has 0 fully saturated rings. The van der Waals surface area contributed by atoms with Crippen molar-refractivity contribution in [2.24, 2.45) is 0 Å². The summed E-state index contributed by atoms with van der Waals surface area (Å²) in [5.41, 5.74) is 19.8. The van der Waals surface area contributed by atoms with Gasteiger partial charge in [0.25, 0.3) is 0 Å². The van der Waals surface area contributed by atoms with E-state index in [9.17, 15) is 0 Å². The number of anilines is 3. The first-order valence-electron chi connectivity index (χ1n) is 23.8. The van der Waals surface area contributed by atoms with Crippen LogP contribution in [0.1, 0.15) is 44.5 Å². The topological polar surface area (TPSA) is 12.5 Å². The van der Waals surface area contributed by atoms with Crippen LogP contribution in [-0.4, -0.2) is 0 Å². The molecule has 0 amide bonds. The van der Waals surface area contributed by atoms with Crippen LogP contribution in [0.4, 0.5) is 17.1 Å². The van der Waals surface area contributed by atoms with Gasteiger partial charge in [0.2, 0.25) is 0 Å². The van der Waals surface area contributed by atoms with Crippen molar-refractivity contribution in [2.45, 2.75) is 20.6 Å². The number of ether oxygens (including phenoxy) is 1. The Balaban J connectivity index is 1.04. The SMILES string of the molecule is c1ccc(-c2ccc(N(c3ccc4c(c3)-c3ccccc3C43c4ccccc4Sc4ccccc43)c3cccc4c3-c3ccccc3C43c4ccccc4Oc4ccccc43)c3ccccc23)cc1. The average Bonchev–Trinajstić information content (AvgIpc) is 3.87. The highest BCUT2D eigenvalue weighted by Crippen LogP contribution is 2.66. The van der Waals surface area contributed by atoms with Crippen LogP contribution in [-0.2, 0) is 10.8 Å². The molecule has 2 aliphatic carbocycles. The van der Waals surface area contributed by atoms with Gasteiger partial charge in [0.15, 0.2) is 0 Å². The van der Waals surface area contributed by atoms with E-state index in [-0.39, 0.29) is 0 Å². The minimum atomic E-state index is -0.610. The molecule has 11 aromatic rings. The average molecular weight is 896 g/mol. The van der Waals surface area contributed by atoms with Gasteiger partial charge in [-0.25, -0.2) is 0 Å². The predicted octanol–water partition coefficient (Wildman–Crippen LogP) is 17.3. The van der Waals surface area contributed by atoms with Crippen molar-refractivity contribution in [1.82, 2.24) is 0 Å². The van der Waals surface area contributed by atoms with Gasteiger partial charge in [-0.1, -0.05) is 212 Å². The van der Waals surface area contributed by atoms with Gasteiger partial charge < -0.3 is 9.64 Å². The molecule has 3 heteroatoms. The Morgan fingerprint density at radius 1 is 0.319 bits per heavy atom. The Kier molecular flexibility index (Phi) is 8.17. The Bertz CT molecular complexity index is 3850. The number of fused-ring (bicyclic) bond motifs is 19. The lowest BCUT2D eigenvalue weighted by Gasteiger charge is -2.40. The lowest BCUT2D eigenvalue weighted by atomic mass is 9.66. The standard InChI is InChI=1S/C66H41NOS/c1-2-19-42(20-3-1)44-38-40-58(47-23-5-4-21-45(44)47)67(43-37-39-52-49(41-43)46-22-6-8-25-50(46)65(52)55-29-12-16-35-62(55)69-63-36-17-13-30-56(63)65)59-32-18-31-57-64(59)48-24-7-9-26-51(48)66(57)53-27-10-14-33-60(53)68-61-34-15-11-28-54(61)66/h1-41H. The van der Waals surface area contributed by atoms with E-state index in [0.717, 1.165) is 39.7 Å². The van der Waals surface area contributed by atoms with E-state index in [1.807, 2.05) is 11.8 Å². The summed E-state index contributed by atoms with van der Waals surface area (Å²) in [6, 6.07) is 92.4. The maximum atomic E-state index is 6.76. The first-order chi connectivity index (χ1) is 34.2. The molecule has 0 radical (unpaired) electrons. The normalized spacial score (nSPS) is 14.4. The van der Waals surface area contributed by atoms with Crippen molar-refractivity contribution in [3.05, 3.63) is 293 Å². The van der Waals surface area contributed by atoms with Crippen molar-refractivity contribution < 1.29 is 4.74 Å². The zero-order valence-corrected chi connectivity index (χ0v) is 38.3. The Hall–Kier alpha value is -8.37. The number of benzene rings is 11. The van der Waals surface area contributed by atoms with Crippen LogP contribution in [0, 0.1) is 0 Å². The molecular weight excluding hydrogens is 855 g/mol. The van der Waals surface area contributed by atoms with Gasteiger partial charge in [0, 0.05) is 37.6 Å². The number of hydrogen-bond donors (Lipinski definition) is 0. The minimum Gasteiger partial charge on any atom is -0.457 e. The molecule has 11 aromatic carbocycles. The van der Waals surface area contributed by atoms with Gasteiger partial charge in [-0.05, 0) is 115 Å². The third kappa shape index (κ3) is 5.12. The Morgan fingerprint density at radius 2 is 0.841 bits per heavy atom. The summed E-state index contributed by atoms with van der Waals surface area (Å²) in [6.07, 6.45) is 0. The molecule has 0 saturated heterocycles. The molecule has 0 unspecified atom stereocenters. The van der Waals surface area contributed by atoms with E-state index in [1.54, 1.807) is 0 Å². The molecule has 69 heavy (non-hydrogen) atoms. The highest BCUT2D eigenvalue weighted by Gasteiger charge is 2.53. The summed E-state index contributed by atoms with van der Waals surface area (Å²) in [6.45, 7) is 0. The highest BCUT2D eigenvalue weighted by molar-refractivity contribution is 7.99. The number of rotatable bonds is 4. The number of para-hydroxylation sites is 2. The van der Waals surface area contributed by atoms with E-state index < -0.39 is 10.8 Å². The largest absolute Gasteiger partial charge is 0.457 e. The second kappa shape index (κ2) is 14.6. The Labute approximate surface area is 405 Å². The molecule has 15 rings (SSSR count). The smallest absolute Gasteiger partial charge is 0.132 e. The highest BCUT2D eigenvalue weighted by atomic mass is 32.2. The monoisotopic (exact) mass is 895 g/mol. The molecule has 2 nitrogen and oxygen atoms in total. The fraction of sp³-hybridized carbons (Fsp3) is 0.0303. The quantitative estimate of drug-likeness (QED) is 0.175. The fourth-order valence-corrected chi connectivity index (χ4v) is 14.0. The van der Waals surface area contributed by atoms with E-state index in [1.165, 1.54) is 87.3 Å². The van der Waals surface area contributed by atoms with Crippen LogP contribution in [0.25, 0.3) is 44.2 Å². The molecule has 2 spiro atoms. The van der Waals surface area contributed by atoms with Crippen molar-refractivity contribution in [3.63, 3.8) is 0 Å². The van der Waals surface area contributed by atoms with Gasteiger partial charge in [-0.15, -0.1) is 0 Å². The fourth-order valence-electron chi connectivity index (χ4n) is 12.8. The third-order valence-corrected chi connectivity index (χ3v) is 16.6. The van der Waals surface area contributed by atoms with Gasteiger partial charge in [-0.3, -0.25) is 0 Å². The van der Waals surface area contributed by atoms with Crippen molar-refractivity contribution >= 4 is 39.6 Å². The van der Waals surface area contributed by atoms with Crippen LogP contribution in [0.5, 0.6) is 11.5 Å². The number of nitrogens with zero attached hydrogens (tertiary/aromatic N) is 1. The molecule has 0 aromatic heterocycles. The molecule has 4 aliphatic rings. The lowest BCUT2D eigenvalue weighted by molar-refractivity contribution is 0.436. The van der Waals surface area contributed by atoms with Crippen LogP contribution in [0.15, 0.2) is 259 Å². The summed E-state index contributed by atoms with van der Waals surface area (Å²) in [5, 5.41) is 2.39. The van der Waals surface area contributed by atoms with Crippen LogP contribution in [0.2, 0.25) is 0 Å². The molecule has 0 bridgehead atoms. The minimum absolute atomic E-state index is 0.471. The maximum absolute atomic E-state index is 6.76. The van der Waals surface area contributed by atoms with Crippen LogP contribution >= 0.6 is 11.8 Å². The van der Waals surface area contributed by atoms with Crippen molar-refractivity contribution in [2.75, 3.05) is 4.90 Å². The van der Waals surface area contributed by atoms with Crippen molar-refractivity contribution in [1.29, 1.82) is 0 Å². The van der Waals surface area contributed by atoms with E-state index >= 15 is 0 Å². The van der Waals surface area contributed by atoms with Crippen molar-refractivity contribution in [3.8, 4) is 44.9 Å². The second-order valence-corrected chi connectivity index (χ2v) is 19.7. The predicted molar refractivity (Wildman–Crippen MR) is 283 cm³/mol. The zero-order chi connectivity index (χ0) is 45.3. The molecule has 322 valence electrons. The maximum Gasteiger partial charge on any atom is 0.132 e.